The van der Waals surface area contributed by atoms with Gasteiger partial charge in [0.15, 0.2) is 5.82 Å². The number of nitrogens with two attached hydrogens (primary N) is 1. The van der Waals surface area contributed by atoms with E-state index >= 15 is 0 Å². The zero-order valence-electron chi connectivity index (χ0n) is 20.3. The summed E-state index contributed by atoms with van der Waals surface area (Å²) in [6, 6.07) is 0.958. The van der Waals surface area contributed by atoms with Crippen LogP contribution in [0.15, 0.2) is 24.5 Å². The van der Waals surface area contributed by atoms with E-state index in [1.165, 1.54) is 0 Å². The Hall–Kier alpha value is -3.62. The lowest BCUT2D eigenvalue weighted by Crippen LogP contribution is -2.42. The molecule has 1 aliphatic heterocycles. The fourth-order valence-corrected chi connectivity index (χ4v) is 5.38. The molecule has 3 atom stereocenters. The van der Waals surface area contributed by atoms with Gasteiger partial charge >= 0.3 is 6.18 Å². The molecule has 1 saturated heterocycles. The van der Waals surface area contributed by atoms with Crippen LogP contribution in [-0.2, 0) is 11.0 Å². The number of nitrogen functional groups attached to an aromatic ring is 1. The van der Waals surface area contributed by atoms with E-state index in [-0.39, 0.29) is 13.0 Å². The third kappa shape index (κ3) is 5.02. The highest BCUT2D eigenvalue weighted by Gasteiger charge is 2.46. The van der Waals surface area contributed by atoms with Gasteiger partial charge in [-0.25, -0.2) is 27.1 Å². The van der Waals surface area contributed by atoms with Gasteiger partial charge in [0, 0.05) is 30.9 Å². The quantitative estimate of drug-likeness (QED) is 0.434. The van der Waals surface area contributed by atoms with Gasteiger partial charge < -0.3 is 16.0 Å². The second kappa shape index (κ2) is 9.78. The smallest absolute Gasteiger partial charge is 0.382 e. The normalized spacial score (nSPS) is 22.7. The number of fused-ring (bicyclic) bond motifs is 1. The SMILES string of the molecule is Nc1ncnn2c(-c3cc(C(=O)N[C@@H]4CN(C(=O)C5CCC(F)(F)C5)C[C@@H]4F)c(Cl)cc3F)cc(C(F)(F)F)c12. The molecular weight excluding hydrogens is 573 g/mol. The highest BCUT2D eigenvalue weighted by molar-refractivity contribution is 6.34. The van der Waals surface area contributed by atoms with Gasteiger partial charge in [0.1, 0.15) is 23.8 Å². The van der Waals surface area contributed by atoms with Gasteiger partial charge in [0.2, 0.25) is 11.8 Å². The van der Waals surface area contributed by atoms with Crippen LogP contribution in [0.4, 0.5) is 36.6 Å². The molecular formula is C24H20ClF7N6O2. The summed E-state index contributed by atoms with van der Waals surface area (Å²) in [5.74, 6) is -7.16. The summed E-state index contributed by atoms with van der Waals surface area (Å²) < 4.78 is 98.6. The molecule has 16 heteroatoms. The summed E-state index contributed by atoms with van der Waals surface area (Å²) >= 11 is 6.06. The number of nitrogens with one attached hydrogen (secondary N) is 1. The molecule has 8 nitrogen and oxygen atoms in total. The molecule has 1 unspecified atom stereocenters. The average Bonchev–Trinajstić information content (AvgIpc) is 3.54. The maximum absolute atomic E-state index is 15.0. The van der Waals surface area contributed by atoms with Crippen molar-refractivity contribution in [3.05, 3.63) is 46.5 Å². The van der Waals surface area contributed by atoms with Crippen molar-refractivity contribution in [1.82, 2.24) is 24.8 Å². The first kappa shape index (κ1) is 27.9. The number of rotatable bonds is 4. The molecule has 1 aromatic carbocycles. The summed E-state index contributed by atoms with van der Waals surface area (Å²) in [7, 11) is 0. The molecule has 214 valence electrons. The van der Waals surface area contributed by atoms with Crippen LogP contribution in [0.5, 0.6) is 0 Å². The lowest BCUT2D eigenvalue weighted by atomic mass is 10.1. The number of amides is 2. The van der Waals surface area contributed by atoms with Crippen molar-refractivity contribution < 1.29 is 40.3 Å². The van der Waals surface area contributed by atoms with E-state index in [1.807, 2.05) is 0 Å². The molecule has 1 aliphatic carbocycles. The Labute approximate surface area is 226 Å². The molecule has 0 spiro atoms. The highest BCUT2D eigenvalue weighted by Crippen LogP contribution is 2.41. The van der Waals surface area contributed by atoms with Gasteiger partial charge in [0.05, 0.1) is 34.4 Å². The maximum atomic E-state index is 15.0. The van der Waals surface area contributed by atoms with Crippen LogP contribution in [0, 0.1) is 11.7 Å². The third-order valence-electron chi connectivity index (χ3n) is 7.09. The summed E-state index contributed by atoms with van der Waals surface area (Å²) in [5.41, 5.74) is 2.47. The standard InChI is InChI=1S/C24H20ClF7N6O2/c25-14-5-15(26)12(18-4-13(24(30,31)32)19-20(33)34-9-35-38(18)19)3-11(14)21(39)36-17-8-37(7-16(17)27)22(40)10-1-2-23(28,29)6-10/h3-5,9-10,16-17H,1-2,6-8H2,(H,36,39)(H2,33,34,35)/t10?,16-,17+/m0/s1. The number of alkyl halides is 6. The number of benzene rings is 1. The molecule has 3 heterocycles. The van der Waals surface area contributed by atoms with E-state index in [4.69, 9.17) is 17.3 Å². The fourth-order valence-electron chi connectivity index (χ4n) is 5.14. The highest BCUT2D eigenvalue weighted by atomic mass is 35.5. The minimum atomic E-state index is -4.90. The second-order valence-electron chi connectivity index (χ2n) is 9.79. The number of aromatic nitrogens is 3. The van der Waals surface area contributed by atoms with Crippen LogP contribution < -0.4 is 11.1 Å². The van der Waals surface area contributed by atoms with E-state index in [2.05, 4.69) is 15.4 Å². The van der Waals surface area contributed by atoms with Crippen LogP contribution in [0.1, 0.15) is 35.2 Å². The Kier molecular flexibility index (Phi) is 6.83. The molecule has 40 heavy (non-hydrogen) atoms. The van der Waals surface area contributed by atoms with E-state index in [1.54, 1.807) is 0 Å². The number of anilines is 1. The summed E-state index contributed by atoms with van der Waals surface area (Å²) in [6.45, 7) is -0.723. The van der Waals surface area contributed by atoms with Crippen LogP contribution in [-0.4, -0.2) is 62.5 Å². The topological polar surface area (TPSA) is 106 Å². The van der Waals surface area contributed by atoms with Crippen LogP contribution in [0.3, 0.4) is 0 Å². The Morgan fingerprint density at radius 2 is 1.90 bits per heavy atom. The molecule has 0 bridgehead atoms. The van der Waals surface area contributed by atoms with Crippen molar-refractivity contribution in [3.63, 3.8) is 0 Å². The first-order valence-electron chi connectivity index (χ1n) is 12.0. The van der Waals surface area contributed by atoms with Crippen molar-refractivity contribution in [2.24, 2.45) is 5.92 Å². The number of hydrogen-bond acceptors (Lipinski definition) is 5. The molecule has 0 radical (unpaired) electrons. The van der Waals surface area contributed by atoms with Gasteiger partial charge in [-0.1, -0.05) is 11.6 Å². The van der Waals surface area contributed by atoms with Crippen molar-refractivity contribution >= 4 is 34.7 Å². The largest absolute Gasteiger partial charge is 0.418 e. The van der Waals surface area contributed by atoms with E-state index < -0.39 is 106 Å². The summed E-state index contributed by atoms with van der Waals surface area (Å²) in [4.78, 5) is 30.3. The van der Waals surface area contributed by atoms with Crippen molar-refractivity contribution in [2.75, 3.05) is 18.8 Å². The Balaban J connectivity index is 1.41. The Morgan fingerprint density at radius 3 is 2.55 bits per heavy atom. The number of nitrogens with zero attached hydrogens (tertiary/aromatic N) is 4. The molecule has 1 saturated carbocycles. The predicted molar refractivity (Wildman–Crippen MR) is 128 cm³/mol. The molecule has 2 amide bonds. The molecule has 3 N–H and O–H groups in total. The average molecular weight is 593 g/mol. The molecule has 2 fully saturated rings. The number of halogens is 8. The van der Waals surface area contributed by atoms with Crippen molar-refractivity contribution in [3.8, 4) is 11.3 Å². The monoisotopic (exact) mass is 592 g/mol. The minimum Gasteiger partial charge on any atom is -0.382 e. The Bertz CT molecular complexity index is 1510. The zero-order valence-corrected chi connectivity index (χ0v) is 21.0. The number of likely N-dealkylation sites (tertiary alicyclic amines) is 1. The third-order valence-corrected chi connectivity index (χ3v) is 7.41. The van der Waals surface area contributed by atoms with Gasteiger partial charge in [-0.3, -0.25) is 9.59 Å². The molecule has 3 aromatic rings. The van der Waals surface area contributed by atoms with E-state index in [0.29, 0.717) is 12.1 Å². The van der Waals surface area contributed by atoms with Gasteiger partial charge in [-0.05, 0) is 24.6 Å². The second-order valence-corrected chi connectivity index (χ2v) is 10.2. The summed E-state index contributed by atoms with van der Waals surface area (Å²) in [5, 5.41) is 5.68. The van der Waals surface area contributed by atoms with Gasteiger partial charge in [0.25, 0.3) is 5.91 Å². The fraction of sp³-hybridized carbons (Fsp3) is 0.417. The van der Waals surface area contributed by atoms with Crippen molar-refractivity contribution in [1.29, 1.82) is 0 Å². The first-order valence-corrected chi connectivity index (χ1v) is 12.3. The maximum Gasteiger partial charge on any atom is 0.418 e. The zero-order chi connectivity index (χ0) is 29.1. The lowest BCUT2D eigenvalue weighted by molar-refractivity contribution is -0.136. The van der Waals surface area contributed by atoms with Gasteiger partial charge in [-0.2, -0.15) is 18.3 Å². The summed E-state index contributed by atoms with van der Waals surface area (Å²) in [6.07, 6.45) is -6.88. The predicted octanol–water partition coefficient (Wildman–Crippen LogP) is 4.50. The molecule has 2 aromatic heterocycles. The van der Waals surface area contributed by atoms with Crippen molar-refractivity contribution in [2.45, 2.75) is 43.6 Å². The molecule has 5 rings (SSSR count). The van der Waals surface area contributed by atoms with Crippen LogP contribution in [0.25, 0.3) is 16.8 Å². The minimum absolute atomic E-state index is 0.0364. The van der Waals surface area contributed by atoms with E-state index in [0.717, 1.165) is 21.8 Å². The number of carbonyl (C=O) groups excluding carboxylic acids is 2. The molecule has 2 aliphatic rings. The lowest BCUT2D eigenvalue weighted by Gasteiger charge is -2.20. The Morgan fingerprint density at radius 1 is 1.18 bits per heavy atom. The first-order chi connectivity index (χ1) is 18.7. The number of carbonyl (C=O) groups is 2. The number of hydrogen-bond donors (Lipinski definition) is 2. The van der Waals surface area contributed by atoms with Crippen LogP contribution in [0.2, 0.25) is 5.02 Å². The van der Waals surface area contributed by atoms with Gasteiger partial charge in [-0.15, -0.1) is 0 Å². The van der Waals surface area contributed by atoms with Crippen LogP contribution >= 0.6 is 11.6 Å². The van der Waals surface area contributed by atoms with E-state index in [9.17, 15) is 40.3 Å².